The first-order chi connectivity index (χ1) is 10.7. The lowest BCUT2D eigenvalue weighted by Gasteiger charge is -2.17. The molecule has 22 heavy (non-hydrogen) atoms. The summed E-state index contributed by atoms with van der Waals surface area (Å²) in [7, 11) is 0. The minimum Gasteiger partial charge on any atom is -0.493 e. The average molecular weight is 292 g/mol. The molecule has 0 radical (unpaired) electrons. The zero-order chi connectivity index (χ0) is 15.4. The summed E-state index contributed by atoms with van der Waals surface area (Å²) in [5.41, 5.74) is 3.43. The average Bonchev–Trinajstić information content (AvgIpc) is 2.55. The molecule has 0 aliphatic carbocycles. The van der Waals surface area contributed by atoms with Crippen molar-refractivity contribution in [2.75, 3.05) is 11.9 Å². The molecule has 1 heterocycles. The number of carbonyl (C=O) groups excluding carboxylic acids is 1. The number of anilines is 1. The molecule has 0 unspecified atom stereocenters. The number of nitrogens with one attached hydrogen (secondary N) is 1. The van der Waals surface area contributed by atoms with Gasteiger partial charge < -0.3 is 10.1 Å². The lowest BCUT2D eigenvalue weighted by atomic mass is 10.0. The Bertz CT molecular complexity index is 730. The van der Waals surface area contributed by atoms with E-state index in [9.17, 15) is 4.79 Å². The van der Waals surface area contributed by atoms with Gasteiger partial charge in [0.2, 0.25) is 5.91 Å². The van der Waals surface area contributed by atoms with Crippen molar-refractivity contribution in [3.8, 4) is 11.8 Å². The third-order valence-corrected chi connectivity index (χ3v) is 3.64. The molecule has 1 amide bonds. The Kier molecular flexibility index (Phi) is 4.06. The fourth-order valence-corrected chi connectivity index (χ4v) is 2.54. The first-order valence-electron chi connectivity index (χ1n) is 7.29. The number of hydrogen-bond acceptors (Lipinski definition) is 3. The van der Waals surface area contributed by atoms with Crippen molar-refractivity contribution in [2.45, 2.75) is 19.3 Å². The number of ether oxygens (including phenoxy) is 1. The van der Waals surface area contributed by atoms with Gasteiger partial charge in [0.05, 0.1) is 24.7 Å². The summed E-state index contributed by atoms with van der Waals surface area (Å²) in [5, 5.41) is 11.6. The fourth-order valence-electron chi connectivity index (χ4n) is 2.54. The number of carbonyl (C=O) groups is 1. The predicted octanol–water partition coefficient (Wildman–Crippen LogP) is 3.06. The second-order valence-corrected chi connectivity index (χ2v) is 5.31. The molecule has 2 aromatic rings. The van der Waals surface area contributed by atoms with E-state index in [1.807, 2.05) is 18.2 Å². The van der Waals surface area contributed by atoms with Crippen molar-refractivity contribution in [1.82, 2.24) is 0 Å². The van der Waals surface area contributed by atoms with E-state index < -0.39 is 0 Å². The Morgan fingerprint density at radius 1 is 1.23 bits per heavy atom. The van der Waals surface area contributed by atoms with E-state index in [2.05, 4.69) is 11.4 Å². The number of nitrogens with zero attached hydrogens (tertiary/aromatic N) is 1. The second kappa shape index (κ2) is 6.31. The van der Waals surface area contributed by atoms with Crippen LogP contribution in [0.25, 0.3) is 0 Å². The van der Waals surface area contributed by atoms with Crippen molar-refractivity contribution >= 4 is 11.6 Å². The molecule has 0 saturated heterocycles. The molecule has 0 atom stereocenters. The van der Waals surface area contributed by atoms with Crippen LogP contribution in [0.3, 0.4) is 0 Å². The number of amides is 1. The molecule has 3 rings (SSSR count). The molecule has 0 bridgehead atoms. The molecule has 0 aromatic heterocycles. The molecule has 1 aliphatic rings. The van der Waals surface area contributed by atoms with Crippen LogP contribution in [0.1, 0.15) is 23.1 Å². The van der Waals surface area contributed by atoms with Crippen LogP contribution in [0.4, 0.5) is 5.69 Å². The third kappa shape index (κ3) is 3.26. The van der Waals surface area contributed by atoms with Gasteiger partial charge in [-0.25, -0.2) is 0 Å². The number of rotatable bonds is 3. The molecular formula is C18H16N2O2. The summed E-state index contributed by atoms with van der Waals surface area (Å²) < 4.78 is 5.57. The van der Waals surface area contributed by atoms with Gasteiger partial charge in [0.15, 0.2) is 0 Å². The van der Waals surface area contributed by atoms with Crippen molar-refractivity contribution in [2.24, 2.45) is 0 Å². The number of hydrogen-bond donors (Lipinski definition) is 1. The smallest absolute Gasteiger partial charge is 0.228 e. The molecule has 0 fully saturated rings. The Labute approximate surface area is 129 Å². The Hall–Kier alpha value is -2.80. The van der Waals surface area contributed by atoms with E-state index in [0.29, 0.717) is 17.7 Å². The zero-order valence-corrected chi connectivity index (χ0v) is 12.1. The SMILES string of the molecule is N#Cc1ccc(NC(=O)Cc2ccc3c(c2)CCCO3)cc1. The quantitative estimate of drug-likeness (QED) is 0.945. The van der Waals surface area contributed by atoms with Crippen molar-refractivity contribution in [1.29, 1.82) is 5.26 Å². The molecule has 1 aliphatic heterocycles. The number of benzene rings is 2. The van der Waals surface area contributed by atoms with Crippen LogP contribution in [-0.2, 0) is 17.6 Å². The number of aryl methyl sites for hydroxylation is 1. The highest BCUT2D eigenvalue weighted by Gasteiger charge is 2.12. The molecular weight excluding hydrogens is 276 g/mol. The monoisotopic (exact) mass is 292 g/mol. The van der Waals surface area contributed by atoms with Gasteiger partial charge in [-0.3, -0.25) is 4.79 Å². The highest BCUT2D eigenvalue weighted by molar-refractivity contribution is 5.92. The lowest BCUT2D eigenvalue weighted by molar-refractivity contribution is -0.115. The van der Waals surface area contributed by atoms with E-state index in [1.54, 1.807) is 24.3 Å². The normalized spacial score (nSPS) is 12.7. The van der Waals surface area contributed by atoms with Gasteiger partial charge in [0.25, 0.3) is 0 Å². The van der Waals surface area contributed by atoms with Gasteiger partial charge >= 0.3 is 0 Å². The van der Waals surface area contributed by atoms with Gasteiger partial charge in [-0.1, -0.05) is 12.1 Å². The molecule has 110 valence electrons. The standard InChI is InChI=1S/C18H16N2O2/c19-12-13-3-6-16(7-4-13)20-18(21)11-14-5-8-17-15(10-14)2-1-9-22-17/h3-8,10H,1-2,9,11H2,(H,20,21). The van der Waals surface area contributed by atoms with Crippen LogP contribution in [0.2, 0.25) is 0 Å². The third-order valence-electron chi connectivity index (χ3n) is 3.64. The highest BCUT2D eigenvalue weighted by Crippen LogP contribution is 2.25. The van der Waals surface area contributed by atoms with Gasteiger partial charge in [-0.2, -0.15) is 5.26 Å². The summed E-state index contributed by atoms with van der Waals surface area (Å²) in [5.74, 6) is 0.865. The van der Waals surface area contributed by atoms with Crippen molar-refractivity contribution in [3.63, 3.8) is 0 Å². The largest absolute Gasteiger partial charge is 0.493 e. The van der Waals surface area contributed by atoms with Gasteiger partial charge in [-0.15, -0.1) is 0 Å². The Morgan fingerprint density at radius 2 is 2.05 bits per heavy atom. The predicted molar refractivity (Wildman–Crippen MR) is 83.7 cm³/mol. The van der Waals surface area contributed by atoms with Crippen molar-refractivity contribution in [3.05, 3.63) is 59.2 Å². The van der Waals surface area contributed by atoms with Gasteiger partial charge in [0.1, 0.15) is 5.75 Å². The van der Waals surface area contributed by atoms with Crippen LogP contribution in [0, 0.1) is 11.3 Å². The van der Waals surface area contributed by atoms with Crippen LogP contribution in [-0.4, -0.2) is 12.5 Å². The van der Waals surface area contributed by atoms with Crippen LogP contribution in [0.15, 0.2) is 42.5 Å². The van der Waals surface area contributed by atoms with Crippen LogP contribution < -0.4 is 10.1 Å². The van der Waals surface area contributed by atoms with Gasteiger partial charge in [0, 0.05) is 5.69 Å². The van der Waals surface area contributed by atoms with Crippen LogP contribution >= 0.6 is 0 Å². The summed E-state index contributed by atoms with van der Waals surface area (Å²) in [4.78, 5) is 12.1. The maximum absolute atomic E-state index is 12.1. The summed E-state index contributed by atoms with van der Waals surface area (Å²) >= 11 is 0. The second-order valence-electron chi connectivity index (χ2n) is 5.31. The Morgan fingerprint density at radius 3 is 2.82 bits per heavy atom. The zero-order valence-electron chi connectivity index (χ0n) is 12.1. The molecule has 1 N–H and O–H groups in total. The van der Waals surface area contributed by atoms with Crippen LogP contribution in [0.5, 0.6) is 5.75 Å². The molecule has 0 saturated carbocycles. The molecule has 4 nitrogen and oxygen atoms in total. The fraction of sp³-hybridized carbons (Fsp3) is 0.222. The van der Waals surface area contributed by atoms with E-state index in [4.69, 9.17) is 10.00 Å². The summed E-state index contributed by atoms with van der Waals surface area (Å²) in [6, 6.07) is 14.8. The number of fused-ring (bicyclic) bond motifs is 1. The van der Waals surface area contributed by atoms with E-state index in [-0.39, 0.29) is 5.91 Å². The van der Waals surface area contributed by atoms with Gasteiger partial charge in [-0.05, 0) is 54.3 Å². The minimum atomic E-state index is -0.0682. The van der Waals surface area contributed by atoms with E-state index in [1.165, 1.54) is 5.56 Å². The molecule has 4 heteroatoms. The maximum atomic E-state index is 12.1. The topological polar surface area (TPSA) is 62.1 Å². The van der Waals surface area contributed by atoms with Crippen molar-refractivity contribution < 1.29 is 9.53 Å². The van der Waals surface area contributed by atoms with E-state index in [0.717, 1.165) is 30.8 Å². The molecule has 2 aromatic carbocycles. The summed E-state index contributed by atoms with van der Waals surface area (Å²) in [6.45, 7) is 0.769. The first-order valence-corrected chi connectivity index (χ1v) is 7.29. The summed E-state index contributed by atoms with van der Waals surface area (Å²) in [6.07, 6.45) is 2.35. The first kappa shape index (κ1) is 14.2. The highest BCUT2D eigenvalue weighted by atomic mass is 16.5. The molecule has 0 spiro atoms. The number of nitriles is 1. The Balaban J connectivity index is 1.65. The van der Waals surface area contributed by atoms with E-state index >= 15 is 0 Å². The minimum absolute atomic E-state index is 0.0682. The lowest BCUT2D eigenvalue weighted by Crippen LogP contribution is -2.15. The maximum Gasteiger partial charge on any atom is 0.228 e.